The maximum Gasteiger partial charge on any atom is 0.0178 e. The first-order chi connectivity index (χ1) is 9.56. The molecule has 0 heterocycles. The van der Waals surface area contributed by atoms with E-state index in [0.29, 0.717) is 6.04 Å². The third-order valence-electron chi connectivity index (χ3n) is 4.46. The molecule has 1 N–H and O–H groups in total. The number of nitrogens with one attached hydrogen (secondary N) is 1. The summed E-state index contributed by atoms with van der Waals surface area (Å²) < 4.78 is 1.20. The number of rotatable bonds is 7. The largest absolute Gasteiger partial charge is 0.314 e. The third-order valence-corrected chi connectivity index (χ3v) is 4.95. The number of benzene rings is 1. The summed E-state index contributed by atoms with van der Waals surface area (Å²) in [5.41, 5.74) is 1.48. The van der Waals surface area contributed by atoms with Gasteiger partial charge in [-0.2, -0.15) is 0 Å². The summed E-state index contributed by atoms with van der Waals surface area (Å²) >= 11 is 3.55. The molecule has 1 aliphatic rings. The minimum Gasteiger partial charge on any atom is -0.314 e. The molecule has 1 aromatic rings. The monoisotopic (exact) mass is 338 g/mol. The number of hydrogen-bond acceptors (Lipinski definition) is 2. The standard InChI is InChI=1S/C17H27BrN2/c1-13(2)20(3)9-5-8-19-17-11-15(12-17)14-6-4-7-16(18)10-14/h4,6-7,10,13,15,17,19H,5,8-9,11-12H2,1-3H3. The zero-order valence-corrected chi connectivity index (χ0v) is 14.5. The summed E-state index contributed by atoms with van der Waals surface area (Å²) in [4.78, 5) is 2.41. The lowest BCUT2D eigenvalue weighted by Crippen LogP contribution is -2.41. The Balaban J connectivity index is 1.60. The van der Waals surface area contributed by atoms with E-state index >= 15 is 0 Å². The van der Waals surface area contributed by atoms with E-state index in [2.05, 4.69) is 71.3 Å². The van der Waals surface area contributed by atoms with Gasteiger partial charge in [0.05, 0.1) is 0 Å². The van der Waals surface area contributed by atoms with Crippen molar-refractivity contribution in [2.24, 2.45) is 0 Å². The van der Waals surface area contributed by atoms with Crippen LogP contribution in [0.1, 0.15) is 44.6 Å². The van der Waals surface area contributed by atoms with Crippen molar-refractivity contribution in [2.45, 2.75) is 51.1 Å². The highest BCUT2D eigenvalue weighted by Gasteiger charge is 2.29. The molecule has 3 heteroatoms. The lowest BCUT2D eigenvalue weighted by atomic mass is 9.76. The molecular formula is C17H27BrN2. The Morgan fingerprint density at radius 3 is 2.75 bits per heavy atom. The Morgan fingerprint density at radius 2 is 2.10 bits per heavy atom. The second kappa shape index (κ2) is 7.58. The van der Waals surface area contributed by atoms with Crippen molar-refractivity contribution in [2.75, 3.05) is 20.1 Å². The van der Waals surface area contributed by atoms with Crippen LogP contribution in [0.4, 0.5) is 0 Å². The van der Waals surface area contributed by atoms with Gasteiger partial charge in [0.2, 0.25) is 0 Å². The van der Waals surface area contributed by atoms with Gasteiger partial charge >= 0.3 is 0 Å². The molecule has 20 heavy (non-hydrogen) atoms. The Bertz CT molecular complexity index is 413. The van der Waals surface area contributed by atoms with Crippen LogP contribution in [0.25, 0.3) is 0 Å². The fourth-order valence-corrected chi connectivity index (χ4v) is 3.13. The number of hydrogen-bond donors (Lipinski definition) is 1. The molecule has 1 aromatic carbocycles. The molecule has 0 radical (unpaired) electrons. The second-order valence-electron chi connectivity index (χ2n) is 6.30. The average Bonchev–Trinajstić information content (AvgIpc) is 2.35. The molecule has 1 fully saturated rings. The Labute approximate surface area is 132 Å². The van der Waals surface area contributed by atoms with Crippen LogP contribution in [0.5, 0.6) is 0 Å². The predicted molar refractivity (Wildman–Crippen MR) is 90.3 cm³/mol. The Morgan fingerprint density at radius 1 is 1.35 bits per heavy atom. The van der Waals surface area contributed by atoms with Crippen LogP contribution in [0, 0.1) is 0 Å². The van der Waals surface area contributed by atoms with Crippen molar-refractivity contribution in [3.05, 3.63) is 34.3 Å². The zero-order chi connectivity index (χ0) is 14.5. The summed E-state index contributed by atoms with van der Waals surface area (Å²) in [6, 6.07) is 10.1. The predicted octanol–water partition coefficient (Wildman–Crippen LogP) is 4.02. The van der Waals surface area contributed by atoms with Gasteiger partial charge in [0.1, 0.15) is 0 Å². The van der Waals surface area contributed by atoms with Crippen molar-refractivity contribution < 1.29 is 0 Å². The molecule has 1 saturated carbocycles. The van der Waals surface area contributed by atoms with Gasteiger partial charge in [0.25, 0.3) is 0 Å². The van der Waals surface area contributed by atoms with Crippen LogP contribution >= 0.6 is 15.9 Å². The summed E-state index contributed by atoms with van der Waals surface area (Å²) in [5.74, 6) is 0.753. The van der Waals surface area contributed by atoms with Crippen LogP contribution in [0.3, 0.4) is 0 Å². The molecule has 0 spiro atoms. The highest BCUT2D eigenvalue weighted by molar-refractivity contribution is 9.10. The minimum atomic E-state index is 0.652. The van der Waals surface area contributed by atoms with Crippen LogP contribution < -0.4 is 5.32 Å². The molecule has 2 rings (SSSR count). The van der Waals surface area contributed by atoms with Crippen molar-refractivity contribution in [3.8, 4) is 0 Å². The highest BCUT2D eigenvalue weighted by Crippen LogP contribution is 2.37. The maximum atomic E-state index is 3.69. The maximum absolute atomic E-state index is 3.69. The van der Waals surface area contributed by atoms with Gasteiger partial charge in [-0.15, -0.1) is 0 Å². The number of halogens is 1. The normalized spacial score (nSPS) is 22.3. The summed E-state index contributed by atoms with van der Waals surface area (Å²) in [6.45, 7) is 6.84. The van der Waals surface area contributed by atoms with Gasteiger partial charge in [-0.25, -0.2) is 0 Å². The van der Waals surface area contributed by atoms with Crippen LogP contribution in [-0.4, -0.2) is 37.1 Å². The minimum absolute atomic E-state index is 0.652. The molecule has 0 amide bonds. The van der Waals surface area contributed by atoms with Crippen LogP contribution in [0.2, 0.25) is 0 Å². The summed E-state index contributed by atoms with van der Waals surface area (Å²) in [6.07, 6.45) is 3.82. The van der Waals surface area contributed by atoms with Crippen molar-refractivity contribution >= 4 is 15.9 Å². The highest BCUT2D eigenvalue weighted by atomic mass is 79.9. The first kappa shape index (κ1) is 16.0. The zero-order valence-electron chi connectivity index (χ0n) is 12.9. The van der Waals surface area contributed by atoms with Gasteiger partial charge in [0.15, 0.2) is 0 Å². The molecule has 112 valence electrons. The Hall–Kier alpha value is -0.380. The lowest BCUT2D eigenvalue weighted by Gasteiger charge is -2.36. The summed E-state index contributed by atoms with van der Waals surface area (Å²) in [5, 5.41) is 3.69. The molecule has 0 bridgehead atoms. The van der Waals surface area contributed by atoms with Gasteiger partial charge < -0.3 is 10.2 Å². The molecule has 0 aromatic heterocycles. The van der Waals surface area contributed by atoms with Crippen molar-refractivity contribution in [1.82, 2.24) is 10.2 Å². The van der Waals surface area contributed by atoms with Crippen LogP contribution in [0.15, 0.2) is 28.7 Å². The van der Waals surface area contributed by atoms with E-state index in [0.717, 1.165) is 18.5 Å². The topological polar surface area (TPSA) is 15.3 Å². The molecule has 0 atom stereocenters. The molecule has 0 aliphatic heterocycles. The van der Waals surface area contributed by atoms with E-state index in [9.17, 15) is 0 Å². The molecule has 1 aliphatic carbocycles. The van der Waals surface area contributed by atoms with Gasteiger partial charge in [-0.3, -0.25) is 0 Å². The van der Waals surface area contributed by atoms with Gasteiger partial charge in [0, 0.05) is 16.6 Å². The quantitative estimate of drug-likeness (QED) is 0.755. The van der Waals surface area contributed by atoms with Gasteiger partial charge in [-0.1, -0.05) is 28.1 Å². The van der Waals surface area contributed by atoms with E-state index in [4.69, 9.17) is 0 Å². The van der Waals surface area contributed by atoms with Gasteiger partial charge in [-0.05, 0) is 76.9 Å². The first-order valence-electron chi connectivity index (χ1n) is 7.75. The van der Waals surface area contributed by atoms with Crippen molar-refractivity contribution in [3.63, 3.8) is 0 Å². The average molecular weight is 339 g/mol. The van der Waals surface area contributed by atoms with E-state index < -0.39 is 0 Å². The SMILES string of the molecule is CC(C)N(C)CCCNC1CC(c2cccc(Br)c2)C1. The fraction of sp³-hybridized carbons (Fsp3) is 0.647. The molecular weight excluding hydrogens is 312 g/mol. The smallest absolute Gasteiger partial charge is 0.0178 e. The Kier molecular flexibility index (Phi) is 6.06. The van der Waals surface area contributed by atoms with Crippen molar-refractivity contribution in [1.29, 1.82) is 0 Å². The van der Waals surface area contributed by atoms with E-state index in [1.807, 2.05) is 0 Å². The fourth-order valence-electron chi connectivity index (χ4n) is 2.71. The lowest BCUT2D eigenvalue weighted by molar-refractivity contribution is 0.253. The van der Waals surface area contributed by atoms with E-state index in [1.165, 1.54) is 35.8 Å². The van der Waals surface area contributed by atoms with Crippen LogP contribution in [-0.2, 0) is 0 Å². The third kappa shape index (κ3) is 4.57. The molecule has 0 unspecified atom stereocenters. The number of nitrogens with zero attached hydrogens (tertiary/aromatic N) is 1. The molecule has 0 saturated heterocycles. The molecule has 2 nitrogen and oxygen atoms in total. The first-order valence-corrected chi connectivity index (χ1v) is 8.54. The summed E-state index contributed by atoms with van der Waals surface area (Å²) in [7, 11) is 2.21. The second-order valence-corrected chi connectivity index (χ2v) is 7.22. The van der Waals surface area contributed by atoms with E-state index in [-0.39, 0.29) is 0 Å². The van der Waals surface area contributed by atoms with E-state index in [1.54, 1.807) is 0 Å².